The lowest BCUT2D eigenvalue weighted by Gasteiger charge is -2.35. The first-order chi connectivity index (χ1) is 17.7. The maximum atomic E-state index is 4.68. The number of nitrogens with one attached hydrogen (secondary N) is 3. The Bertz CT molecular complexity index is 1380. The maximum absolute atomic E-state index is 4.68. The third-order valence-electron chi connectivity index (χ3n) is 7.41. The molecule has 190 valence electrons. The fourth-order valence-electron chi connectivity index (χ4n) is 5.06. The minimum atomic E-state index is 0.00928. The smallest absolute Gasteiger partial charge is 0.129 e. The van der Waals surface area contributed by atoms with Crippen molar-refractivity contribution in [2.24, 2.45) is 0 Å². The predicted molar refractivity (Wildman–Crippen MR) is 156 cm³/mol. The van der Waals surface area contributed by atoms with Crippen LogP contribution in [0.5, 0.6) is 0 Å². The first kappa shape index (κ1) is 24.8. The number of nitrogens with zero attached hydrogens (tertiary/aromatic N) is 3. The molecule has 6 heteroatoms. The minimum absolute atomic E-state index is 0.00928. The lowest BCUT2D eigenvalue weighted by molar-refractivity contribution is 0.493. The number of benzene rings is 1. The first-order valence-electron chi connectivity index (χ1n) is 12.8. The molecule has 6 nitrogen and oxygen atoms in total. The molecule has 2 aromatic heterocycles. The maximum Gasteiger partial charge on any atom is 0.129 e. The van der Waals surface area contributed by atoms with Gasteiger partial charge >= 0.3 is 0 Å². The van der Waals surface area contributed by atoms with Crippen LogP contribution < -0.4 is 20.9 Å². The molecule has 3 N–H and O–H groups in total. The summed E-state index contributed by atoms with van der Waals surface area (Å²) in [4.78, 5) is 11.6. The molecule has 2 aliphatic heterocycles. The zero-order valence-corrected chi connectivity index (χ0v) is 22.1. The summed E-state index contributed by atoms with van der Waals surface area (Å²) < 4.78 is 0. The SMILES string of the molecule is C=C(Nc1cnc(C)c(C(=C)c2ccc3c(c2)C(C)(C)CNC3=C)c1)c1ccnc(N2CCNCC2)c1. The Kier molecular flexibility index (Phi) is 6.61. The van der Waals surface area contributed by atoms with Gasteiger partial charge < -0.3 is 20.9 Å². The molecule has 0 radical (unpaired) electrons. The van der Waals surface area contributed by atoms with Crippen LogP contribution in [0.4, 0.5) is 11.5 Å². The van der Waals surface area contributed by atoms with Crippen molar-refractivity contribution in [1.82, 2.24) is 20.6 Å². The Morgan fingerprint density at radius 2 is 1.81 bits per heavy atom. The van der Waals surface area contributed by atoms with E-state index >= 15 is 0 Å². The van der Waals surface area contributed by atoms with Crippen molar-refractivity contribution in [3.63, 3.8) is 0 Å². The Morgan fingerprint density at radius 3 is 2.59 bits per heavy atom. The highest BCUT2D eigenvalue weighted by molar-refractivity contribution is 5.84. The topological polar surface area (TPSA) is 65.1 Å². The molecule has 0 bridgehead atoms. The molecule has 2 aliphatic rings. The van der Waals surface area contributed by atoms with Gasteiger partial charge in [-0.15, -0.1) is 0 Å². The zero-order valence-electron chi connectivity index (χ0n) is 22.1. The van der Waals surface area contributed by atoms with E-state index in [4.69, 9.17) is 0 Å². The number of rotatable bonds is 6. The fraction of sp³-hybridized carbons (Fsp3) is 0.290. The van der Waals surface area contributed by atoms with Crippen molar-refractivity contribution in [1.29, 1.82) is 0 Å². The summed E-state index contributed by atoms with van der Waals surface area (Å²) >= 11 is 0. The summed E-state index contributed by atoms with van der Waals surface area (Å²) in [5.74, 6) is 0.978. The van der Waals surface area contributed by atoms with Crippen LogP contribution in [0.1, 0.15) is 47.4 Å². The van der Waals surface area contributed by atoms with Gasteiger partial charge in [0, 0.05) is 78.1 Å². The molecule has 0 aliphatic carbocycles. The summed E-state index contributed by atoms with van der Waals surface area (Å²) in [6, 6.07) is 12.7. The number of hydrogen-bond donors (Lipinski definition) is 3. The molecule has 37 heavy (non-hydrogen) atoms. The zero-order chi connectivity index (χ0) is 26.2. The molecular weight excluding hydrogens is 456 g/mol. The highest BCUT2D eigenvalue weighted by Crippen LogP contribution is 2.36. The minimum Gasteiger partial charge on any atom is -0.384 e. The number of pyridine rings is 2. The number of fused-ring (bicyclic) bond motifs is 1. The molecule has 4 heterocycles. The fourth-order valence-corrected chi connectivity index (χ4v) is 5.06. The van der Waals surface area contributed by atoms with Gasteiger partial charge in [-0.2, -0.15) is 0 Å². The van der Waals surface area contributed by atoms with Crippen LogP contribution in [0.25, 0.3) is 17.0 Å². The van der Waals surface area contributed by atoms with Gasteiger partial charge in [0.25, 0.3) is 0 Å². The van der Waals surface area contributed by atoms with Crippen molar-refractivity contribution in [2.75, 3.05) is 42.9 Å². The van der Waals surface area contributed by atoms with E-state index in [0.29, 0.717) is 0 Å². The van der Waals surface area contributed by atoms with Crippen LogP contribution in [0.3, 0.4) is 0 Å². The third kappa shape index (κ3) is 5.02. The largest absolute Gasteiger partial charge is 0.384 e. The summed E-state index contributed by atoms with van der Waals surface area (Å²) in [5.41, 5.74) is 10.1. The predicted octanol–water partition coefficient (Wildman–Crippen LogP) is 5.19. The average molecular weight is 493 g/mol. The summed E-state index contributed by atoms with van der Waals surface area (Å²) in [7, 11) is 0. The van der Waals surface area contributed by atoms with E-state index < -0.39 is 0 Å². The molecule has 0 amide bonds. The van der Waals surface area contributed by atoms with E-state index in [1.165, 1.54) is 11.1 Å². The van der Waals surface area contributed by atoms with E-state index in [2.05, 4.69) is 94.7 Å². The average Bonchev–Trinajstić information content (AvgIpc) is 2.92. The van der Waals surface area contributed by atoms with Crippen molar-refractivity contribution in [3.05, 3.63) is 102 Å². The highest BCUT2D eigenvalue weighted by atomic mass is 15.2. The van der Waals surface area contributed by atoms with Crippen molar-refractivity contribution < 1.29 is 0 Å². The van der Waals surface area contributed by atoms with Gasteiger partial charge in [0.1, 0.15) is 5.82 Å². The van der Waals surface area contributed by atoms with Crippen LogP contribution in [-0.2, 0) is 5.41 Å². The van der Waals surface area contributed by atoms with E-state index in [1.54, 1.807) is 0 Å². The Labute approximate surface area is 220 Å². The molecule has 1 saturated heterocycles. The summed E-state index contributed by atoms with van der Waals surface area (Å²) in [6.45, 7) is 24.2. The number of aromatic nitrogens is 2. The van der Waals surface area contributed by atoms with Crippen LogP contribution in [0.2, 0.25) is 0 Å². The van der Waals surface area contributed by atoms with Gasteiger partial charge in [-0.3, -0.25) is 4.98 Å². The molecule has 0 spiro atoms. The lowest BCUT2D eigenvalue weighted by Crippen LogP contribution is -2.43. The van der Waals surface area contributed by atoms with E-state index in [9.17, 15) is 0 Å². The second-order valence-electron chi connectivity index (χ2n) is 10.6. The number of anilines is 2. The molecule has 1 aromatic carbocycles. The Hall–Kier alpha value is -3.90. The van der Waals surface area contributed by atoms with Gasteiger partial charge in [-0.1, -0.05) is 45.7 Å². The second kappa shape index (κ2) is 9.87. The van der Waals surface area contributed by atoms with Gasteiger partial charge in [-0.05, 0) is 47.9 Å². The number of piperazine rings is 1. The van der Waals surface area contributed by atoms with Crippen LogP contribution in [0.15, 0.2) is 68.5 Å². The molecule has 5 rings (SSSR count). The molecular formula is C31H36N6. The van der Waals surface area contributed by atoms with Crippen molar-refractivity contribution in [3.8, 4) is 0 Å². The molecule has 0 unspecified atom stereocenters. The Balaban J connectivity index is 1.38. The van der Waals surface area contributed by atoms with Crippen LogP contribution in [0, 0.1) is 6.92 Å². The molecule has 0 saturated carbocycles. The summed E-state index contributed by atoms with van der Waals surface area (Å²) in [6.07, 6.45) is 3.70. The standard InChI is InChI=1S/C31H36N6/c1-20(24-7-8-27-22(3)35-19-31(5,6)29(27)15-24)28-17-26(18-34-23(28)4)36-21(2)25-9-10-33-30(16-25)37-13-11-32-12-14-37/h7-10,15-18,32,35-36H,1-3,11-14,19H2,4-6H3. The number of hydrogen-bond acceptors (Lipinski definition) is 6. The molecule has 3 aromatic rings. The van der Waals surface area contributed by atoms with Gasteiger partial charge in [0.15, 0.2) is 0 Å². The monoisotopic (exact) mass is 492 g/mol. The van der Waals surface area contributed by atoms with E-state index in [1.807, 2.05) is 25.4 Å². The van der Waals surface area contributed by atoms with Crippen molar-refractivity contribution >= 4 is 28.5 Å². The van der Waals surface area contributed by atoms with Crippen LogP contribution >= 0.6 is 0 Å². The molecule has 1 fully saturated rings. The highest BCUT2D eigenvalue weighted by Gasteiger charge is 2.29. The van der Waals surface area contributed by atoms with Crippen LogP contribution in [-0.4, -0.2) is 42.7 Å². The van der Waals surface area contributed by atoms with Gasteiger partial charge in [-0.25, -0.2) is 4.98 Å². The van der Waals surface area contributed by atoms with Gasteiger partial charge in [0.2, 0.25) is 0 Å². The van der Waals surface area contributed by atoms with Crippen molar-refractivity contribution in [2.45, 2.75) is 26.2 Å². The van der Waals surface area contributed by atoms with E-state index in [0.717, 1.165) is 83.6 Å². The summed E-state index contributed by atoms with van der Waals surface area (Å²) in [5, 5.41) is 10.3. The third-order valence-corrected chi connectivity index (χ3v) is 7.41. The second-order valence-corrected chi connectivity index (χ2v) is 10.6. The first-order valence-corrected chi connectivity index (χ1v) is 12.8. The quantitative estimate of drug-likeness (QED) is 0.440. The Morgan fingerprint density at radius 1 is 1.03 bits per heavy atom. The molecule has 0 atom stereocenters. The number of aryl methyl sites for hydroxylation is 1. The lowest BCUT2D eigenvalue weighted by atomic mass is 9.77. The van der Waals surface area contributed by atoms with E-state index in [-0.39, 0.29) is 5.41 Å². The normalized spacial score (nSPS) is 16.5. The van der Waals surface area contributed by atoms with Gasteiger partial charge in [0.05, 0.1) is 11.9 Å².